The van der Waals surface area contributed by atoms with Crippen LogP contribution in [0.5, 0.6) is 0 Å². The molecule has 152 valence electrons. The van der Waals surface area contributed by atoms with Crippen LogP contribution in [-0.4, -0.2) is 54.4 Å². The molecule has 0 saturated carbocycles. The van der Waals surface area contributed by atoms with E-state index in [1.54, 1.807) is 7.11 Å². The van der Waals surface area contributed by atoms with E-state index >= 15 is 0 Å². The van der Waals surface area contributed by atoms with Gasteiger partial charge < -0.3 is 18.6 Å². The minimum absolute atomic E-state index is 0.0220. The van der Waals surface area contributed by atoms with Gasteiger partial charge in [0.05, 0.1) is 25.9 Å². The van der Waals surface area contributed by atoms with Crippen LogP contribution in [0.3, 0.4) is 0 Å². The Morgan fingerprint density at radius 1 is 1.23 bits per heavy atom. The topological polar surface area (TPSA) is 54.0 Å². The molecule has 0 aliphatic heterocycles. The molecule has 0 aromatic rings. The highest BCUT2D eigenvalue weighted by Gasteiger charge is 2.47. The predicted octanol–water partition coefficient (Wildman–Crippen LogP) is 4.33. The minimum Gasteiger partial charge on any atom is -0.413 e. The van der Waals surface area contributed by atoms with Crippen LogP contribution < -0.4 is 0 Å². The van der Waals surface area contributed by atoms with E-state index in [9.17, 15) is 4.79 Å². The Morgan fingerprint density at radius 3 is 2.42 bits per heavy atom. The number of allylic oxidation sites excluding steroid dienone is 1. The van der Waals surface area contributed by atoms with Gasteiger partial charge in [-0.1, -0.05) is 33.3 Å². The summed E-state index contributed by atoms with van der Waals surface area (Å²) < 4.78 is 22.9. The first-order valence-corrected chi connectivity index (χ1v) is 12.4. The lowest BCUT2D eigenvalue weighted by Crippen LogP contribution is -2.52. The van der Waals surface area contributed by atoms with Crippen molar-refractivity contribution in [3.05, 3.63) is 11.1 Å². The summed E-state index contributed by atoms with van der Waals surface area (Å²) in [6.45, 7) is 17.0. The molecular formula is C20H38O5Si. The molecule has 0 spiro atoms. The van der Waals surface area contributed by atoms with Gasteiger partial charge in [0, 0.05) is 18.1 Å². The van der Waals surface area contributed by atoms with Gasteiger partial charge in [-0.3, -0.25) is 4.79 Å². The average molecular weight is 387 g/mol. The Balaban J connectivity index is 2.92. The first kappa shape index (κ1) is 23.5. The standard InChI is InChI=1S/C20H38O5Si/c1-16-9-10-18(25-26(7,8)19(2,3)4)20(5,17(16)13-21)14-24-15-23-12-11-22-6/h13,18H,9-12,14-15H2,1-8H3/t18-,20-/m0/s1. The van der Waals surface area contributed by atoms with Crippen molar-refractivity contribution in [3.63, 3.8) is 0 Å². The van der Waals surface area contributed by atoms with Crippen molar-refractivity contribution in [1.82, 2.24) is 0 Å². The molecule has 0 heterocycles. The van der Waals surface area contributed by atoms with Crippen LogP contribution in [0.15, 0.2) is 11.1 Å². The Bertz CT molecular complexity index is 495. The SMILES string of the molecule is COCCOCOC[C@@]1(C)C(C=O)=C(C)CC[C@@H]1O[Si](C)(C)C(C)(C)C. The first-order chi connectivity index (χ1) is 12.0. The van der Waals surface area contributed by atoms with Crippen LogP contribution in [0, 0.1) is 5.41 Å². The molecule has 0 saturated heterocycles. The summed E-state index contributed by atoms with van der Waals surface area (Å²) in [5.74, 6) is 0. The number of hydrogen-bond donors (Lipinski definition) is 0. The Hall–Kier alpha value is -0.533. The first-order valence-electron chi connectivity index (χ1n) is 9.47. The molecule has 1 aliphatic rings. The Morgan fingerprint density at radius 2 is 1.88 bits per heavy atom. The number of rotatable bonds is 10. The van der Waals surface area contributed by atoms with Crippen molar-refractivity contribution in [2.75, 3.05) is 33.7 Å². The molecule has 0 N–H and O–H groups in total. The van der Waals surface area contributed by atoms with Gasteiger partial charge in [0.2, 0.25) is 0 Å². The van der Waals surface area contributed by atoms with E-state index in [4.69, 9.17) is 18.6 Å². The van der Waals surface area contributed by atoms with Gasteiger partial charge >= 0.3 is 0 Å². The molecule has 26 heavy (non-hydrogen) atoms. The lowest BCUT2D eigenvalue weighted by molar-refractivity contribution is -0.115. The van der Waals surface area contributed by atoms with Crippen LogP contribution >= 0.6 is 0 Å². The van der Waals surface area contributed by atoms with Crippen LogP contribution in [0.1, 0.15) is 47.5 Å². The number of aldehydes is 1. The summed E-state index contributed by atoms with van der Waals surface area (Å²) >= 11 is 0. The molecule has 0 aromatic heterocycles. The summed E-state index contributed by atoms with van der Waals surface area (Å²) in [5.41, 5.74) is 1.51. The number of hydrogen-bond acceptors (Lipinski definition) is 5. The number of carbonyl (C=O) groups is 1. The van der Waals surface area contributed by atoms with E-state index in [-0.39, 0.29) is 17.9 Å². The van der Waals surface area contributed by atoms with Gasteiger partial charge in [0.1, 0.15) is 13.1 Å². The van der Waals surface area contributed by atoms with Crippen molar-refractivity contribution in [2.45, 2.75) is 71.7 Å². The number of ether oxygens (including phenoxy) is 3. The molecule has 2 atom stereocenters. The van der Waals surface area contributed by atoms with E-state index in [0.717, 1.165) is 30.3 Å². The van der Waals surface area contributed by atoms with Crippen molar-refractivity contribution >= 4 is 14.6 Å². The molecule has 1 rings (SSSR count). The van der Waals surface area contributed by atoms with Gasteiger partial charge in [-0.05, 0) is 37.9 Å². The zero-order valence-electron chi connectivity index (χ0n) is 17.9. The highest BCUT2D eigenvalue weighted by atomic mass is 28.4. The minimum atomic E-state index is -1.95. The van der Waals surface area contributed by atoms with Crippen molar-refractivity contribution in [3.8, 4) is 0 Å². The zero-order chi connectivity index (χ0) is 20.0. The van der Waals surface area contributed by atoms with Crippen molar-refractivity contribution in [1.29, 1.82) is 0 Å². The molecule has 0 radical (unpaired) electrons. The lowest BCUT2D eigenvalue weighted by atomic mass is 9.70. The van der Waals surface area contributed by atoms with E-state index in [2.05, 4.69) is 40.8 Å². The predicted molar refractivity (Wildman–Crippen MR) is 107 cm³/mol. The van der Waals surface area contributed by atoms with E-state index < -0.39 is 13.7 Å². The second-order valence-corrected chi connectivity index (χ2v) is 13.8. The zero-order valence-corrected chi connectivity index (χ0v) is 18.9. The van der Waals surface area contributed by atoms with Crippen LogP contribution in [0.4, 0.5) is 0 Å². The van der Waals surface area contributed by atoms with Crippen LogP contribution in [0.25, 0.3) is 0 Å². The second-order valence-electron chi connectivity index (χ2n) is 9.00. The molecule has 0 unspecified atom stereocenters. The fourth-order valence-electron chi connectivity index (χ4n) is 3.10. The fraction of sp³-hybridized carbons (Fsp3) is 0.850. The van der Waals surface area contributed by atoms with Crippen LogP contribution in [-0.2, 0) is 23.4 Å². The van der Waals surface area contributed by atoms with Crippen molar-refractivity contribution < 1.29 is 23.4 Å². The average Bonchev–Trinajstić information content (AvgIpc) is 2.53. The molecule has 0 aromatic carbocycles. The number of methoxy groups -OCH3 is 1. The third-order valence-corrected chi connectivity index (χ3v) is 10.4. The largest absolute Gasteiger partial charge is 0.413 e. The summed E-state index contributed by atoms with van der Waals surface area (Å²) in [5, 5.41) is 0.121. The summed E-state index contributed by atoms with van der Waals surface area (Å²) in [6.07, 6.45) is 2.78. The molecule has 0 fully saturated rings. The molecule has 6 heteroatoms. The quantitative estimate of drug-likeness (QED) is 0.242. The summed E-state index contributed by atoms with van der Waals surface area (Å²) in [6, 6.07) is 0. The van der Waals surface area contributed by atoms with Gasteiger partial charge in [-0.25, -0.2) is 0 Å². The third-order valence-electron chi connectivity index (χ3n) is 5.93. The maximum atomic E-state index is 11.9. The van der Waals surface area contributed by atoms with Gasteiger partial charge in [0.15, 0.2) is 8.32 Å². The van der Waals surface area contributed by atoms with Crippen molar-refractivity contribution in [2.24, 2.45) is 5.41 Å². The maximum Gasteiger partial charge on any atom is 0.192 e. The third kappa shape index (κ3) is 5.73. The molecule has 5 nitrogen and oxygen atoms in total. The number of carbonyl (C=O) groups excluding carboxylic acids is 1. The second kappa shape index (κ2) is 9.60. The van der Waals surface area contributed by atoms with E-state index in [1.165, 1.54) is 0 Å². The van der Waals surface area contributed by atoms with E-state index in [1.807, 2.05) is 6.92 Å². The maximum absolute atomic E-state index is 11.9. The molecular weight excluding hydrogens is 348 g/mol. The van der Waals surface area contributed by atoms with E-state index in [0.29, 0.717) is 19.8 Å². The smallest absolute Gasteiger partial charge is 0.192 e. The Labute approximate surface area is 160 Å². The summed E-state index contributed by atoms with van der Waals surface area (Å²) in [4.78, 5) is 11.9. The molecule has 1 aliphatic carbocycles. The van der Waals surface area contributed by atoms with Gasteiger partial charge in [-0.2, -0.15) is 0 Å². The monoisotopic (exact) mass is 386 g/mol. The fourth-order valence-corrected chi connectivity index (χ4v) is 4.55. The molecule has 0 bridgehead atoms. The van der Waals surface area contributed by atoms with Crippen LogP contribution in [0.2, 0.25) is 18.1 Å². The normalized spacial score (nSPS) is 24.8. The Kier molecular flexibility index (Phi) is 8.68. The van der Waals surface area contributed by atoms with Gasteiger partial charge in [0.25, 0.3) is 0 Å². The molecule has 0 amide bonds. The summed E-state index contributed by atoms with van der Waals surface area (Å²) in [7, 11) is -0.314. The van der Waals surface area contributed by atoms with Gasteiger partial charge in [-0.15, -0.1) is 0 Å². The highest BCUT2D eigenvalue weighted by Crippen LogP contribution is 2.46. The lowest BCUT2D eigenvalue weighted by Gasteiger charge is -2.48. The highest BCUT2D eigenvalue weighted by molar-refractivity contribution is 6.74.